The first-order valence-electron chi connectivity index (χ1n) is 6.79. The van der Waals surface area contributed by atoms with E-state index in [1.165, 1.54) is 11.1 Å². The smallest absolute Gasteiger partial charge is 0.272 e. The topological polar surface area (TPSA) is 59.2 Å². The standard InChI is InChI=1S/C16H17N3O/c17-9-12-5-6-15(18-10-12)16(20)19-8-7-13-3-1-2-4-14(13)11-19/h1-6,10H,7-9,11,17H2. The maximum Gasteiger partial charge on any atom is 0.272 e. The monoisotopic (exact) mass is 267 g/mol. The first-order chi connectivity index (χ1) is 9.78. The predicted molar refractivity (Wildman–Crippen MR) is 77.0 cm³/mol. The molecule has 1 aromatic carbocycles. The van der Waals surface area contributed by atoms with Crippen molar-refractivity contribution in [1.82, 2.24) is 9.88 Å². The lowest BCUT2D eigenvalue weighted by molar-refractivity contribution is 0.0728. The zero-order chi connectivity index (χ0) is 13.9. The summed E-state index contributed by atoms with van der Waals surface area (Å²) < 4.78 is 0. The molecule has 1 amide bonds. The number of hydrogen-bond acceptors (Lipinski definition) is 3. The van der Waals surface area contributed by atoms with Crippen LogP contribution < -0.4 is 5.73 Å². The third kappa shape index (κ3) is 2.42. The van der Waals surface area contributed by atoms with Crippen molar-refractivity contribution in [3.63, 3.8) is 0 Å². The normalized spacial score (nSPS) is 13.9. The summed E-state index contributed by atoms with van der Waals surface area (Å²) in [5.41, 5.74) is 9.52. The summed E-state index contributed by atoms with van der Waals surface area (Å²) in [6.45, 7) is 1.85. The Hall–Kier alpha value is -2.20. The van der Waals surface area contributed by atoms with E-state index in [2.05, 4.69) is 17.1 Å². The highest BCUT2D eigenvalue weighted by molar-refractivity contribution is 5.92. The molecule has 0 saturated heterocycles. The van der Waals surface area contributed by atoms with Gasteiger partial charge in [0.2, 0.25) is 0 Å². The third-order valence-corrected chi connectivity index (χ3v) is 3.70. The number of rotatable bonds is 2. The van der Waals surface area contributed by atoms with Crippen molar-refractivity contribution >= 4 is 5.91 Å². The van der Waals surface area contributed by atoms with E-state index >= 15 is 0 Å². The molecule has 2 N–H and O–H groups in total. The SMILES string of the molecule is NCc1ccc(C(=O)N2CCc3ccccc3C2)nc1. The van der Waals surface area contributed by atoms with Gasteiger partial charge in [-0.05, 0) is 29.2 Å². The second kappa shape index (κ2) is 5.43. The number of hydrogen-bond donors (Lipinski definition) is 1. The van der Waals surface area contributed by atoms with E-state index in [9.17, 15) is 4.79 Å². The van der Waals surface area contributed by atoms with Crippen LogP contribution in [0.3, 0.4) is 0 Å². The minimum absolute atomic E-state index is 0.0110. The number of carbonyl (C=O) groups is 1. The Balaban J connectivity index is 1.78. The van der Waals surface area contributed by atoms with Gasteiger partial charge in [-0.3, -0.25) is 9.78 Å². The lowest BCUT2D eigenvalue weighted by atomic mass is 10.00. The molecule has 0 spiro atoms. The van der Waals surface area contributed by atoms with Gasteiger partial charge in [0.15, 0.2) is 0 Å². The number of nitrogens with zero attached hydrogens (tertiary/aromatic N) is 2. The fourth-order valence-corrected chi connectivity index (χ4v) is 2.50. The molecule has 0 atom stereocenters. The van der Waals surface area contributed by atoms with Crippen LogP contribution in [0, 0.1) is 0 Å². The van der Waals surface area contributed by atoms with E-state index in [-0.39, 0.29) is 5.91 Å². The van der Waals surface area contributed by atoms with Crippen LogP contribution in [0.25, 0.3) is 0 Å². The van der Waals surface area contributed by atoms with Crippen LogP contribution in [0.2, 0.25) is 0 Å². The highest BCUT2D eigenvalue weighted by atomic mass is 16.2. The van der Waals surface area contributed by atoms with Crippen molar-refractivity contribution in [1.29, 1.82) is 0 Å². The molecular weight excluding hydrogens is 250 g/mol. The maximum absolute atomic E-state index is 12.4. The summed E-state index contributed by atoms with van der Waals surface area (Å²) in [4.78, 5) is 18.5. The lowest BCUT2D eigenvalue weighted by Gasteiger charge is -2.28. The van der Waals surface area contributed by atoms with Crippen LogP contribution in [-0.4, -0.2) is 22.3 Å². The molecule has 0 radical (unpaired) electrons. The molecule has 2 heterocycles. The lowest BCUT2D eigenvalue weighted by Crippen LogP contribution is -2.36. The number of amides is 1. The molecule has 0 unspecified atom stereocenters. The van der Waals surface area contributed by atoms with Crippen LogP contribution >= 0.6 is 0 Å². The van der Waals surface area contributed by atoms with Crippen molar-refractivity contribution in [2.45, 2.75) is 19.5 Å². The summed E-state index contributed by atoms with van der Waals surface area (Å²) in [7, 11) is 0. The molecule has 4 heteroatoms. The van der Waals surface area contributed by atoms with Crippen LogP contribution in [0.15, 0.2) is 42.6 Å². The van der Waals surface area contributed by atoms with Gasteiger partial charge < -0.3 is 10.6 Å². The zero-order valence-corrected chi connectivity index (χ0v) is 11.2. The third-order valence-electron chi connectivity index (χ3n) is 3.70. The molecule has 0 fully saturated rings. The first kappa shape index (κ1) is 12.8. The molecule has 0 aliphatic carbocycles. The van der Waals surface area contributed by atoms with Crippen LogP contribution in [-0.2, 0) is 19.5 Å². The van der Waals surface area contributed by atoms with Crippen LogP contribution in [0.5, 0.6) is 0 Å². The number of fused-ring (bicyclic) bond motifs is 1. The number of benzene rings is 1. The summed E-state index contributed by atoms with van der Waals surface area (Å²) in [5.74, 6) is -0.0110. The molecule has 3 rings (SSSR count). The maximum atomic E-state index is 12.4. The summed E-state index contributed by atoms with van der Waals surface area (Å²) in [6, 6.07) is 11.9. The highest BCUT2D eigenvalue weighted by Gasteiger charge is 2.22. The molecule has 2 aromatic rings. The molecule has 1 aliphatic heterocycles. The van der Waals surface area contributed by atoms with Gasteiger partial charge in [-0.2, -0.15) is 0 Å². The average Bonchev–Trinajstić information content (AvgIpc) is 2.54. The van der Waals surface area contributed by atoms with Gasteiger partial charge in [-0.15, -0.1) is 0 Å². The van der Waals surface area contributed by atoms with E-state index in [0.717, 1.165) is 18.5 Å². The highest BCUT2D eigenvalue weighted by Crippen LogP contribution is 2.19. The van der Waals surface area contributed by atoms with E-state index in [1.54, 1.807) is 12.3 Å². The molecule has 0 saturated carbocycles. The quantitative estimate of drug-likeness (QED) is 0.901. The first-order valence-corrected chi connectivity index (χ1v) is 6.79. The molecular formula is C16H17N3O. The van der Waals surface area contributed by atoms with E-state index in [1.807, 2.05) is 23.1 Å². The zero-order valence-electron chi connectivity index (χ0n) is 11.2. The van der Waals surface area contributed by atoms with Crippen molar-refractivity contribution in [2.75, 3.05) is 6.54 Å². The second-order valence-corrected chi connectivity index (χ2v) is 5.00. The van der Waals surface area contributed by atoms with Gasteiger partial charge in [0.1, 0.15) is 5.69 Å². The van der Waals surface area contributed by atoms with Crippen molar-refractivity contribution in [2.24, 2.45) is 5.73 Å². The Morgan fingerprint density at radius 3 is 2.70 bits per heavy atom. The van der Waals surface area contributed by atoms with E-state index in [4.69, 9.17) is 5.73 Å². The van der Waals surface area contributed by atoms with Gasteiger partial charge >= 0.3 is 0 Å². The summed E-state index contributed by atoms with van der Waals surface area (Å²) in [5, 5.41) is 0. The molecule has 1 aliphatic rings. The van der Waals surface area contributed by atoms with Crippen molar-refractivity contribution in [3.05, 3.63) is 65.0 Å². The van der Waals surface area contributed by atoms with Gasteiger partial charge in [0.25, 0.3) is 5.91 Å². The Morgan fingerprint density at radius 2 is 2.00 bits per heavy atom. The van der Waals surface area contributed by atoms with Gasteiger partial charge in [0.05, 0.1) is 0 Å². The van der Waals surface area contributed by atoms with Crippen molar-refractivity contribution in [3.8, 4) is 0 Å². The molecule has 102 valence electrons. The van der Waals surface area contributed by atoms with Crippen LogP contribution in [0.1, 0.15) is 27.2 Å². The average molecular weight is 267 g/mol. The van der Waals surface area contributed by atoms with Crippen LogP contribution in [0.4, 0.5) is 0 Å². The number of pyridine rings is 1. The van der Waals surface area contributed by atoms with Gasteiger partial charge in [0, 0.05) is 25.8 Å². The van der Waals surface area contributed by atoms with E-state index in [0.29, 0.717) is 18.8 Å². The fourth-order valence-electron chi connectivity index (χ4n) is 2.50. The Kier molecular flexibility index (Phi) is 3.48. The molecule has 0 bridgehead atoms. The van der Waals surface area contributed by atoms with Gasteiger partial charge in [-0.1, -0.05) is 30.3 Å². The number of aromatic nitrogens is 1. The predicted octanol–water partition coefficient (Wildman–Crippen LogP) is 1.74. The summed E-state index contributed by atoms with van der Waals surface area (Å²) >= 11 is 0. The van der Waals surface area contributed by atoms with Gasteiger partial charge in [-0.25, -0.2) is 0 Å². The molecule has 4 nitrogen and oxygen atoms in total. The summed E-state index contributed by atoms with van der Waals surface area (Å²) in [6.07, 6.45) is 2.58. The second-order valence-electron chi connectivity index (χ2n) is 5.00. The van der Waals surface area contributed by atoms with E-state index < -0.39 is 0 Å². The number of nitrogens with two attached hydrogens (primary N) is 1. The molecule has 20 heavy (non-hydrogen) atoms. The molecule has 1 aromatic heterocycles. The largest absolute Gasteiger partial charge is 0.333 e. The van der Waals surface area contributed by atoms with Crippen molar-refractivity contribution < 1.29 is 4.79 Å². The number of carbonyl (C=O) groups excluding carboxylic acids is 1. The fraction of sp³-hybridized carbons (Fsp3) is 0.250. The Morgan fingerprint density at radius 1 is 1.20 bits per heavy atom. The Bertz CT molecular complexity index is 622. The minimum atomic E-state index is -0.0110. The Labute approximate surface area is 118 Å². The minimum Gasteiger partial charge on any atom is -0.333 e.